The first-order valence-corrected chi connectivity index (χ1v) is 8.05. The van der Waals surface area contributed by atoms with E-state index in [2.05, 4.69) is 0 Å². The molecule has 0 amide bonds. The lowest BCUT2D eigenvalue weighted by molar-refractivity contribution is -0.135. The molecule has 0 spiro atoms. The van der Waals surface area contributed by atoms with Crippen LogP contribution in [0, 0.1) is 0 Å². The molecule has 0 unspecified atom stereocenters. The maximum atomic E-state index is 11.7. The molecule has 0 aliphatic carbocycles. The van der Waals surface area contributed by atoms with Crippen molar-refractivity contribution in [3.63, 3.8) is 0 Å². The van der Waals surface area contributed by atoms with Crippen molar-refractivity contribution in [3.05, 3.63) is 24.3 Å². The number of anilines is 1. The number of hydrogen-bond donors (Lipinski definition) is 1. The summed E-state index contributed by atoms with van der Waals surface area (Å²) in [6.45, 7) is 7.18. The van der Waals surface area contributed by atoms with Crippen molar-refractivity contribution in [3.8, 4) is 0 Å². The number of carboxylic acids is 1. The number of benzene rings is 1. The largest absolute Gasteiger partial charge is 0.480 e. The Morgan fingerprint density at radius 2 is 1.70 bits per heavy atom. The van der Waals surface area contributed by atoms with E-state index in [0.29, 0.717) is 5.69 Å². The second-order valence-corrected chi connectivity index (χ2v) is 7.83. The van der Waals surface area contributed by atoms with E-state index in [9.17, 15) is 13.2 Å². The molecule has 20 heavy (non-hydrogen) atoms. The topological polar surface area (TPSA) is 74.7 Å². The molecule has 0 saturated heterocycles. The zero-order valence-electron chi connectivity index (χ0n) is 12.3. The molecule has 1 N–H and O–H groups in total. The summed E-state index contributed by atoms with van der Waals surface area (Å²) in [5, 5.41) is 8.99. The Morgan fingerprint density at radius 1 is 1.20 bits per heavy atom. The summed E-state index contributed by atoms with van der Waals surface area (Å²) in [5.41, 5.74) is 0.318. The second-order valence-electron chi connectivity index (χ2n) is 5.55. The van der Waals surface area contributed by atoms with Gasteiger partial charge in [-0.25, -0.2) is 8.42 Å². The fourth-order valence-corrected chi connectivity index (χ4v) is 2.74. The van der Waals surface area contributed by atoms with E-state index in [1.54, 1.807) is 24.0 Å². The van der Waals surface area contributed by atoms with Crippen molar-refractivity contribution in [1.29, 1.82) is 0 Å². The van der Waals surface area contributed by atoms with Crippen LogP contribution in [0.3, 0.4) is 0 Å². The lowest BCUT2D eigenvalue weighted by Gasteiger charge is -2.36. The molecule has 0 radical (unpaired) electrons. The van der Waals surface area contributed by atoms with E-state index in [-0.39, 0.29) is 22.7 Å². The lowest BCUT2D eigenvalue weighted by Crippen LogP contribution is -2.44. The van der Waals surface area contributed by atoms with Crippen molar-refractivity contribution in [1.82, 2.24) is 0 Å². The van der Waals surface area contributed by atoms with Crippen LogP contribution in [-0.2, 0) is 14.6 Å². The summed E-state index contributed by atoms with van der Waals surface area (Å²) in [6.07, 6.45) is 0. The molecule has 112 valence electrons. The van der Waals surface area contributed by atoms with Gasteiger partial charge in [0.25, 0.3) is 0 Å². The van der Waals surface area contributed by atoms with Gasteiger partial charge >= 0.3 is 5.97 Å². The minimum atomic E-state index is -3.23. The quantitative estimate of drug-likeness (QED) is 0.902. The van der Waals surface area contributed by atoms with Crippen LogP contribution in [0.25, 0.3) is 0 Å². The van der Waals surface area contributed by atoms with Crippen LogP contribution in [0.1, 0.15) is 27.7 Å². The van der Waals surface area contributed by atoms with Crippen LogP contribution in [0.5, 0.6) is 0 Å². The number of carboxylic acid groups (broad SMARTS) is 1. The molecule has 1 aromatic carbocycles. The van der Waals surface area contributed by atoms with Crippen molar-refractivity contribution < 1.29 is 18.3 Å². The lowest BCUT2D eigenvalue weighted by atomic mass is 10.0. The van der Waals surface area contributed by atoms with Crippen LogP contribution < -0.4 is 4.90 Å². The van der Waals surface area contributed by atoms with Gasteiger partial charge < -0.3 is 10.0 Å². The smallest absolute Gasteiger partial charge is 0.323 e. The molecule has 0 fully saturated rings. The molecular formula is C14H21NO4S. The van der Waals surface area contributed by atoms with Crippen LogP contribution in [0.4, 0.5) is 5.69 Å². The molecule has 0 atom stereocenters. The van der Waals surface area contributed by atoms with Crippen LogP contribution in [0.15, 0.2) is 29.2 Å². The highest BCUT2D eigenvalue weighted by Gasteiger charge is 2.24. The predicted molar refractivity (Wildman–Crippen MR) is 78.9 cm³/mol. The third-order valence-electron chi connectivity index (χ3n) is 2.99. The molecular weight excluding hydrogens is 278 g/mol. The van der Waals surface area contributed by atoms with Crippen molar-refractivity contribution >= 4 is 21.5 Å². The molecule has 0 aliphatic heterocycles. The SMILES string of the molecule is CCS(=O)(=O)c1ccc(N(CC(=O)O)C(C)(C)C)cc1. The molecule has 0 aliphatic rings. The van der Waals surface area contributed by atoms with Crippen molar-refractivity contribution in [2.75, 3.05) is 17.2 Å². The minimum Gasteiger partial charge on any atom is -0.480 e. The van der Waals surface area contributed by atoms with Crippen molar-refractivity contribution in [2.45, 2.75) is 38.1 Å². The first-order chi connectivity index (χ1) is 9.08. The average Bonchev–Trinajstić information content (AvgIpc) is 2.34. The number of rotatable bonds is 5. The summed E-state index contributed by atoms with van der Waals surface area (Å²) in [4.78, 5) is 12.9. The summed E-state index contributed by atoms with van der Waals surface area (Å²) in [7, 11) is -3.23. The van der Waals surface area contributed by atoms with Crippen LogP contribution in [-0.4, -0.2) is 37.3 Å². The van der Waals surface area contributed by atoms with E-state index < -0.39 is 15.8 Å². The Bertz CT molecular complexity index is 570. The summed E-state index contributed by atoms with van der Waals surface area (Å²) in [5.74, 6) is -0.880. The Morgan fingerprint density at radius 3 is 2.05 bits per heavy atom. The van der Waals surface area contributed by atoms with Gasteiger partial charge in [0, 0.05) is 11.2 Å². The zero-order valence-corrected chi connectivity index (χ0v) is 13.1. The van der Waals surface area contributed by atoms with E-state index in [1.807, 2.05) is 20.8 Å². The third kappa shape index (κ3) is 3.96. The number of carbonyl (C=O) groups is 1. The first-order valence-electron chi connectivity index (χ1n) is 6.40. The van der Waals surface area contributed by atoms with Gasteiger partial charge in [-0.05, 0) is 45.0 Å². The highest BCUT2D eigenvalue weighted by Crippen LogP contribution is 2.25. The molecule has 0 aromatic heterocycles. The summed E-state index contributed by atoms with van der Waals surface area (Å²) < 4.78 is 23.5. The normalized spacial score (nSPS) is 12.2. The van der Waals surface area contributed by atoms with Gasteiger partial charge in [-0.15, -0.1) is 0 Å². The number of sulfone groups is 1. The van der Waals surface area contributed by atoms with Gasteiger partial charge in [-0.2, -0.15) is 0 Å². The van der Waals surface area contributed by atoms with Gasteiger partial charge in [0.15, 0.2) is 9.84 Å². The van der Waals surface area contributed by atoms with Gasteiger partial charge in [0.05, 0.1) is 10.6 Å². The fraction of sp³-hybridized carbons (Fsp3) is 0.500. The van der Waals surface area contributed by atoms with Gasteiger partial charge in [0.1, 0.15) is 6.54 Å². The number of nitrogens with zero attached hydrogens (tertiary/aromatic N) is 1. The minimum absolute atomic E-state index is 0.0461. The number of aliphatic carboxylic acids is 1. The van der Waals surface area contributed by atoms with Crippen LogP contribution in [0.2, 0.25) is 0 Å². The van der Waals surface area contributed by atoms with E-state index in [1.165, 1.54) is 12.1 Å². The highest BCUT2D eigenvalue weighted by atomic mass is 32.2. The predicted octanol–water partition coefficient (Wildman–Crippen LogP) is 2.17. The fourth-order valence-electron chi connectivity index (χ4n) is 1.85. The Labute approximate surface area is 120 Å². The second kappa shape index (κ2) is 5.83. The molecule has 6 heteroatoms. The summed E-state index contributed by atoms with van der Waals surface area (Å²) in [6, 6.07) is 6.34. The van der Waals surface area contributed by atoms with E-state index in [0.717, 1.165) is 0 Å². The molecule has 0 bridgehead atoms. The standard InChI is InChI=1S/C14H21NO4S/c1-5-20(18,19)12-8-6-11(7-9-12)15(10-13(16)17)14(2,3)4/h6-9H,5,10H2,1-4H3,(H,16,17). The maximum absolute atomic E-state index is 11.7. The van der Waals surface area contributed by atoms with Crippen molar-refractivity contribution in [2.24, 2.45) is 0 Å². The Balaban J connectivity index is 3.15. The molecule has 5 nitrogen and oxygen atoms in total. The number of hydrogen-bond acceptors (Lipinski definition) is 4. The molecule has 1 rings (SSSR count). The van der Waals surface area contributed by atoms with E-state index in [4.69, 9.17) is 5.11 Å². The zero-order chi connectivity index (χ0) is 15.6. The Kier molecular flexibility index (Phi) is 4.81. The highest BCUT2D eigenvalue weighted by molar-refractivity contribution is 7.91. The monoisotopic (exact) mass is 299 g/mol. The molecule has 1 aromatic rings. The van der Waals surface area contributed by atoms with Crippen LogP contribution >= 0.6 is 0 Å². The van der Waals surface area contributed by atoms with Gasteiger partial charge in [-0.1, -0.05) is 6.92 Å². The Hall–Kier alpha value is -1.56. The summed E-state index contributed by atoms with van der Waals surface area (Å²) >= 11 is 0. The third-order valence-corrected chi connectivity index (χ3v) is 4.74. The van der Waals surface area contributed by atoms with Gasteiger partial charge in [-0.3, -0.25) is 4.79 Å². The average molecular weight is 299 g/mol. The van der Waals surface area contributed by atoms with E-state index >= 15 is 0 Å². The molecule has 0 saturated carbocycles. The van der Waals surface area contributed by atoms with Gasteiger partial charge in [0.2, 0.25) is 0 Å². The maximum Gasteiger partial charge on any atom is 0.323 e. The first kappa shape index (κ1) is 16.5. The molecule has 0 heterocycles.